The topological polar surface area (TPSA) is 56.7 Å². The maximum absolute atomic E-state index is 5.47. The second-order valence-electron chi connectivity index (χ2n) is 5.24. The predicted molar refractivity (Wildman–Crippen MR) is 81.0 cm³/mol. The lowest BCUT2D eigenvalue weighted by molar-refractivity contribution is 0.173. The molecule has 0 amide bonds. The Labute approximate surface area is 129 Å². The van der Waals surface area contributed by atoms with Gasteiger partial charge in [0.25, 0.3) is 0 Å². The first-order valence-corrected chi connectivity index (χ1v) is 7.11. The minimum absolute atomic E-state index is 0.165. The summed E-state index contributed by atoms with van der Waals surface area (Å²) < 4.78 is 16.3. The van der Waals surface area contributed by atoms with E-state index in [1.54, 1.807) is 19.6 Å². The molecule has 116 valence electrons. The molecule has 2 aromatic rings. The van der Waals surface area contributed by atoms with E-state index >= 15 is 0 Å². The summed E-state index contributed by atoms with van der Waals surface area (Å²) in [4.78, 5) is 10.5. The minimum Gasteiger partial charge on any atom is -0.496 e. The van der Waals surface area contributed by atoms with Gasteiger partial charge in [-0.05, 0) is 26.1 Å². The van der Waals surface area contributed by atoms with Crippen molar-refractivity contribution in [3.8, 4) is 17.2 Å². The average molecular weight is 301 g/mol. The smallest absolute Gasteiger partial charge is 0.231 e. The van der Waals surface area contributed by atoms with Gasteiger partial charge in [-0.1, -0.05) is 0 Å². The Morgan fingerprint density at radius 3 is 2.77 bits per heavy atom. The Morgan fingerprint density at radius 2 is 2.09 bits per heavy atom. The monoisotopic (exact) mass is 301 g/mol. The third-order valence-corrected chi connectivity index (χ3v) is 3.89. The summed E-state index contributed by atoms with van der Waals surface area (Å²) in [5.74, 6) is 2.29. The van der Waals surface area contributed by atoms with Gasteiger partial charge in [-0.2, -0.15) is 0 Å². The van der Waals surface area contributed by atoms with E-state index in [9.17, 15) is 0 Å². The molecule has 0 fully saturated rings. The van der Waals surface area contributed by atoms with Crippen molar-refractivity contribution >= 4 is 0 Å². The molecule has 0 radical (unpaired) electrons. The largest absolute Gasteiger partial charge is 0.496 e. The molecule has 3 rings (SSSR count). The highest BCUT2D eigenvalue weighted by molar-refractivity contribution is 5.51. The molecule has 1 atom stereocenters. The predicted octanol–water partition coefficient (Wildman–Crippen LogP) is 2.41. The zero-order valence-corrected chi connectivity index (χ0v) is 12.9. The van der Waals surface area contributed by atoms with Gasteiger partial charge in [0, 0.05) is 30.4 Å². The average Bonchev–Trinajstić information content (AvgIpc) is 3.01. The number of aromatic nitrogens is 2. The summed E-state index contributed by atoms with van der Waals surface area (Å²) in [6, 6.07) is 5.95. The van der Waals surface area contributed by atoms with E-state index in [-0.39, 0.29) is 12.8 Å². The Bertz CT molecular complexity index is 649. The van der Waals surface area contributed by atoms with Gasteiger partial charge < -0.3 is 14.2 Å². The lowest BCUT2D eigenvalue weighted by Crippen LogP contribution is -2.23. The van der Waals surface area contributed by atoms with Crippen LogP contribution in [0.15, 0.2) is 30.7 Å². The Kier molecular flexibility index (Phi) is 4.11. The normalized spacial score (nSPS) is 14.2. The highest BCUT2D eigenvalue weighted by Gasteiger charge is 2.20. The molecule has 1 aromatic heterocycles. The van der Waals surface area contributed by atoms with Crippen LogP contribution in [0.4, 0.5) is 0 Å². The molecular weight excluding hydrogens is 282 g/mol. The van der Waals surface area contributed by atoms with Gasteiger partial charge in [-0.25, -0.2) is 9.97 Å². The highest BCUT2D eigenvalue weighted by atomic mass is 16.7. The summed E-state index contributed by atoms with van der Waals surface area (Å²) in [6.07, 6.45) is 3.33. The maximum Gasteiger partial charge on any atom is 0.231 e. The Morgan fingerprint density at radius 1 is 1.32 bits per heavy atom. The van der Waals surface area contributed by atoms with E-state index in [0.29, 0.717) is 6.54 Å². The standard InChI is InChI=1S/C16H19N3O3/c1-11(13-4-5-17-9-18-13)19(2)8-12-6-15-16(22-10-21-15)7-14(12)20-3/h4-7,9,11H,8,10H2,1-3H3. The van der Waals surface area contributed by atoms with Crippen molar-refractivity contribution < 1.29 is 14.2 Å². The summed E-state index contributed by atoms with van der Waals surface area (Å²) in [6.45, 7) is 3.09. The zero-order valence-electron chi connectivity index (χ0n) is 12.9. The Balaban J connectivity index is 1.80. The molecule has 6 heteroatoms. The van der Waals surface area contributed by atoms with Crippen LogP contribution in [0.5, 0.6) is 17.2 Å². The van der Waals surface area contributed by atoms with Crippen LogP contribution < -0.4 is 14.2 Å². The SMILES string of the molecule is COc1cc2c(cc1CN(C)C(C)c1ccncn1)OCO2. The molecule has 6 nitrogen and oxygen atoms in total. The van der Waals surface area contributed by atoms with Crippen LogP contribution in [0.3, 0.4) is 0 Å². The van der Waals surface area contributed by atoms with Gasteiger partial charge in [0.2, 0.25) is 6.79 Å². The maximum atomic E-state index is 5.47. The molecule has 1 aliphatic heterocycles. The first-order valence-electron chi connectivity index (χ1n) is 7.11. The van der Waals surface area contributed by atoms with Crippen LogP contribution >= 0.6 is 0 Å². The first-order chi connectivity index (χ1) is 10.7. The van der Waals surface area contributed by atoms with E-state index in [1.165, 1.54) is 0 Å². The summed E-state index contributed by atoms with van der Waals surface area (Å²) in [5, 5.41) is 0. The van der Waals surface area contributed by atoms with Gasteiger partial charge in [0.05, 0.1) is 12.8 Å². The zero-order chi connectivity index (χ0) is 15.5. The Hall–Kier alpha value is -2.34. The number of ether oxygens (including phenoxy) is 3. The fourth-order valence-corrected chi connectivity index (χ4v) is 2.46. The number of nitrogens with zero attached hydrogens (tertiary/aromatic N) is 3. The number of methoxy groups -OCH3 is 1. The van der Waals surface area contributed by atoms with Crippen LogP contribution in [0.2, 0.25) is 0 Å². The van der Waals surface area contributed by atoms with Crippen molar-refractivity contribution in [1.29, 1.82) is 0 Å². The van der Waals surface area contributed by atoms with Crippen LogP contribution in [0.1, 0.15) is 24.2 Å². The lowest BCUT2D eigenvalue weighted by Gasteiger charge is -2.25. The minimum atomic E-state index is 0.165. The number of hydrogen-bond donors (Lipinski definition) is 0. The fraction of sp³-hybridized carbons (Fsp3) is 0.375. The summed E-state index contributed by atoms with van der Waals surface area (Å²) in [7, 11) is 3.71. The van der Waals surface area contributed by atoms with Gasteiger partial charge in [0.1, 0.15) is 12.1 Å². The summed E-state index contributed by atoms with van der Waals surface area (Å²) in [5.41, 5.74) is 2.03. The van der Waals surface area contributed by atoms with Crippen LogP contribution in [-0.4, -0.2) is 35.8 Å². The van der Waals surface area contributed by atoms with E-state index < -0.39 is 0 Å². The molecule has 1 unspecified atom stereocenters. The van der Waals surface area contributed by atoms with Crippen LogP contribution in [0.25, 0.3) is 0 Å². The molecule has 1 aromatic carbocycles. The number of rotatable bonds is 5. The van der Waals surface area contributed by atoms with Gasteiger partial charge >= 0.3 is 0 Å². The van der Waals surface area contributed by atoms with E-state index in [0.717, 1.165) is 28.5 Å². The van der Waals surface area contributed by atoms with E-state index in [4.69, 9.17) is 14.2 Å². The third-order valence-electron chi connectivity index (χ3n) is 3.89. The molecule has 2 heterocycles. The van der Waals surface area contributed by atoms with E-state index in [1.807, 2.05) is 18.2 Å². The van der Waals surface area contributed by atoms with Crippen molar-refractivity contribution in [2.45, 2.75) is 19.5 Å². The van der Waals surface area contributed by atoms with Gasteiger partial charge in [0.15, 0.2) is 11.5 Å². The lowest BCUT2D eigenvalue weighted by atomic mass is 10.1. The molecule has 0 N–H and O–H groups in total. The van der Waals surface area contributed by atoms with Crippen molar-refractivity contribution in [3.05, 3.63) is 42.0 Å². The van der Waals surface area contributed by atoms with Gasteiger partial charge in [-0.3, -0.25) is 4.90 Å². The first kappa shape index (κ1) is 14.6. The quantitative estimate of drug-likeness (QED) is 0.845. The molecule has 0 aliphatic carbocycles. The molecule has 22 heavy (non-hydrogen) atoms. The molecule has 0 saturated heterocycles. The molecule has 0 spiro atoms. The second-order valence-corrected chi connectivity index (χ2v) is 5.24. The molecular formula is C16H19N3O3. The van der Waals surface area contributed by atoms with E-state index in [2.05, 4.69) is 28.8 Å². The van der Waals surface area contributed by atoms with Crippen molar-refractivity contribution in [2.24, 2.45) is 0 Å². The van der Waals surface area contributed by atoms with Crippen molar-refractivity contribution in [1.82, 2.24) is 14.9 Å². The highest BCUT2D eigenvalue weighted by Crippen LogP contribution is 2.38. The van der Waals surface area contributed by atoms with Crippen molar-refractivity contribution in [3.63, 3.8) is 0 Å². The number of fused-ring (bicyclic) bond motifs is 1. The second kappa shape index (κ2) is 6.19. The number of hydrogen-bond acceptors (Lipinski definition) is 6. The third kappa shape index (κ3) is 2.82. The van der Waals surface area contributed by atoms with Gasteiger partial charge in [-0.15, -0.1) is 0 Å². The molecule has 0 saturated carbocycles. The molecule has 0 bridgehead atoms. The summed E-state index contributed by atoms with van der Waals surface area (Å²) >= 11 is 0. The molecule has 1 aliphatic rings. The van der Waals surface area contributed by atoms with Crippen LogP contribution in [-0.2, 0) is 6.54 Å². The fourth-order valence-electron chi connectivity index (χ4n) is 2.46. The number of benzene rings is 1. The van der Waals surface area contributed by atoms with Crippen LogP contribution in [0, 0.1) is 0 Å². The van der Waals surface area contributed by atoms with Crippen molar-refractivity contribution in [2.75, 3.05) is 21.0 Å².